The van der Waals surface area contributed by atoms with Crippen LogP contribution in [0.25, 0.3) is 0 Å². The van der Waals surface area contributed by atoms with Crippen LogP contribution in [0.2, 0.25) is 0 Å². The molecule has 0 radical (unpaired) electrons. The Morgan fingerprint density at radius 2 is 1.05 bits per heavy atom. The first-order valence-electron chi connectivity index (χ1n) is 8.15. The molecule has 0 saturated carbocycles. The Hall–Kier alpha value is 0.200. The Morgan fingerprint density at radius 1 is 0.700 bits per heavy atom. The van der Waals surface area contributed by atoms with Gasteiger partial charge in [0.1, 0.15) is 0 Å². The Bertz CT molecular complexity index is 291. The van der Waals surface area contributed by atoms with Crippen LogP contribution in [-0.2, 0) is 13.5 Å². The van der Waals surface area contributed by atoms with Crippen LogP contribution >= 0.6 is 10.7 Å². The summed E-state index contributed by atoms with van der Waals surface area (Å²) >= 11 is 0. The van der Waals surface area contributed by atoms with Gasteiger partial charge in [0.25, 0.3) is 0 Å². The average molecular weight is 327 g/mol. The zero-order valence-corrected chi connectivity index (χ0v) is 14.5. The van der Waals surface area contributed by atoms with Gasteiger partial charge in [-0.2, -0.15) is 8.42 Å². The molecule has 0 N–H and O–H groups in total. The van der Waals surface area contributed by atoms with Gasteiger partial charge in [-0.05, 0) is 6.42 Å². The van der Waals surface area contributed by atoms with E-state index in [2.05, 4.69) is 11.1 Å². The summed E-state index contributed by atoms with van der Waals surface area (Å²) in [7, 11) is 1.17. The molecule has 0 rings (SSSR count). The van der Waals surface area contributed by atoms with E-state index in [0.717, 1.165) is 19.3 Å². The summed E-state index contributed by atoms with van der Waals surface area (Å²) in [6.45, 7) is 2.46. The highest BCUT2D eigenvalue weighted by molar-refractivity contribution is 8.09. The molecule has 122 valence electrons. The van der Waals surface area contributed by atoms with Gasteiger partial charge in [-0.3, -0.25) is 4.18 Å². The second-order valence-corrected chi connectivity index (χ2v) is 7.61. The van der Waals surface area contributed by atoms with E-state index < -0.39 is 9.33 Å². The third-order valence-electron chi connectivity index (χ3n) is 3.47. The van der Waals surface area contributed by atoms with Crippen LogP contribution in [0.15, 0.2) is 0 Å². The maximum absolute atomic E-state index is 10.5. The predicted octanol–water partition coefficient (Wildman–Crippen LogP) is 5.58. The van der Waals surface area contributed by atoms with Crippen molar-refractivity contribution in [3.63, 3.8) is 0 Å². The van der Waals surface area contributed by atoms with E-state index in [1.807, 2.05) is 0 Å². The minimum Gasteiger partial charge on any atom is -0.258 e. The minimum atomic E-state index is -3.77. The van der Waals surface area contributed by atoms with Gasteiger partial charge in [0.05, 0.1) is 6.61 Å². The van der Waals surface area contributed by atoms with Crippen molar-refractivity contribution in [2.45, 2.75) is 90.4 Å². The number of rotatable bonds is 15. The lowest BCUT2D eigenvalue weighted by atomic mass is 10.0. The van der Waals surface area contributed by atoms with Crippen molar-refractivity contribution in [3.05, 3.63) is 0 Å². The van der Waals surface area contributed by atoms with Gasteiger partial charge in [0.15, 0.2) is 0 Å². The molecule has 0 saturated heterocycles. The molecule has 0 bridgehead atoms. The minimum absolute atomic E-state index is 0.212. The van der Waals surface area contributed by atoms with Crippen LogP contribution in [0.3, 0.4) is 0 Å². The molecule has 3 nitrogen and oxygen atoms in total. The molecule has 0 atom stereocenters. The Morgan fingerprint density at radius 3 is 1.40 bits per heavy atom. The van der Waals surface area contributed by atoms with Gasteiger partial charge in [-0.15, -0.1) is 0 Å². The summed E-state index contributed by atoms with van der Waals surface area (Å²) in [5.41, 5.74) is 0. The number of hydrogen-bond acceptors (Lipinski definition) is 3. The first kappa shape index (κ1) is 20.2. The molecule has 0 aromatic heterocycles. The molecule has 0 fully saturated rings. The Balaban J connectivity index is 3.03. The van der Waals surface area contributed by atoms with Crippen molar-refractivity contribution in [1.29, 1.82) is 0 Å². The van der Waals surface area contributed by atoms with Gasteiger partial charge in [-0.25, -0.2) is 0 Å². The fourth-order valence-corrected chi connectivity index (χ4v) is 2.78. The molecule has 0 aliphatic rings. The lowest BCUT2D eigenvalue weighted by Crippen LogP contribution is -1.98. The smallest absolute Gasteiger partial charge is 0.258 e. The number of hydrogen-bond donors (Lipinski definition) is 0. The van der Waals surface area contributed by atoms with E-state index in [1.54, 1.807) is 0 Å². The molecular formula is C15H31ClO3S. The van der Waals surface area contributed by atoms with Crippen LogP contribution < -0.4 is 0 Å². The molecule has 0 unspecified atom stereocenters. The van der Waals surface area contributed by atoms with E-state index in [9.17, 15) is 8.42 Å². The van der Waals surface area contributed by atoms with Crippen molar-refractivity contribution in [3.8, 4) is 0 Å². The van der Waals surface area contributed by atoms with E-state index in [-0.39, 0.29) is 6.61 Å². The quantitative estimate of drug-likeness (QED) is 0.291. The number of halogens is 1. The first-order chi connectivity index (χ1) is 9.56. The second-order valence-electron chi connectivity index (χ2n) is 5.46. The summed E-state index contributed by atoms with van der Waals surface area (Å²) in [4.78, 5) is 0. The monoisotopic (exact) mass is 326 g/mol. The topological polar surface area (TPSA) is 43.4 Å². The van der Waals surface area contributed by atoms with Crippen molar-refractivity contribution in [2.75, 3.05) is 6.61 Å². The van der Waals surface area contributed by atoms with Gasteiger partial charge < -0.3 is 0 Å². The highest BCUT2D eigenvalue weighted by Gasteiger charge is 2.03. The zero-order valence-electron chi connectivity index (χ0n) is 12.9. The molecular weight excluding hydrogens is 296 g/mol. The van der Waals surface area contributed by atoms with Crippen molar-refractivity contribution in [2.24, 2.45) is 0 Å². The maximum Gasteiger partial charge on any atom is 0.355 e. The van der Waals surface area contributed by atoms with Gasteiger partial charge in [-0.1, -0.05) is 84.0 Å². The summed E-state index contributed by atoms with van der Waals surface area (Å²) in [6, 6.07) is 0. The van der Waals surface area contributed by atoms with E-state index in [4.69, 9.17) is 10.7 Å². The molecule has 0 aromatic rings. The standard InChI is InChI=1S/C15H31ClO3S/c1-2-3-4-5-6-7-8-9-10-11-12-13-14-15-19-20(16,17)18/h2-15H2,1H3. The summed E-state index contributed by atoms with van der Waals surface area (Å²) < 4.78 is 25.5. The Labute approximate surface area is 130 Å². The van der Waals surface area contributed by atoms with Crippen molar-refractivity contribution >= 4 is 20.0 Å². The average Bonchev–Trinajstić information content (AvgIpc) is 2.38. The van der Waals surface area contributed by atoms with Crippen LogP contribution in [0.1, 0.15) is 90.4 Å². The highest BCUT2D eigenvalue weighted by atomic mass is 35.7. The van der Waals surface area contributed by atoms with E-state index in [0.29, 0.717) is 0 Å². The normalized spacial score (nSPS) is 11.9. The molecule has 0 aliphatic heterocycles. The molecule has 5 heteroatoms. The largest absolute Gasteiger partial charge is 0.355 e. The van der Waals surface area contributed by atoms with Crippen molar-refractivity contribution in [1.82, 2.24) is 0 Å². The fraction of sp³-hybridized carbons (Fsp3) is 1.00. The van der Waals surface area contributed by atoms with Crippen LogP contribution in [0.5, 0.6) is 0 Å². The molecule has 0 aromatic carbocycles. The summed E-state index contributed by atoms with van der Waals surface area (Å²) in [5, 5.41) is 0. The van der Waals surface area contributed by atoms with Gasteiger partial charge in [0, 0.05) is 10.7 Å². The SMILES string of the molecule is CCCCCCCCCCCCCCCOS(=O)(=O)Cl. The molecule has 0 spiro atoms. The lowest BCUT2D eigenvalue weighted by Gasteiger charge is -2.03. The highest BCUT2D eigenvalue weighted by Crippen LogP contribution is 2.12. The lowest BCUT2D eigenvalue weighted by molar-refractivity contribution is 0.315. The first-order valence-corrected chi connectivity index (χ1v) is 10.4. The van der Waals surface area contributed by atoms with Crippen LogP contribution in [0, 0.1) is 0 Å². The third-order valence-corrected chi connectivity index (χ3v) is 4.19. The molecule has 0 amide bonds. The molecule has 20 heavy (non-hydrogen) atoms. The summed E-state index contributed by atoms with van der Waals surface area (Å²) in [6.07, 6.45) is 16.4. The maximum atomic E-state index is 10.5. The van der Waals surface area contributed by atoms with Gasteiger partial charge in [0.2, 0.25) is 0 Å². The molecule has 0 aliphatic carbocycles. The van der Waals surface area contributed by atoms with E-state index in [1.165, 1.54) is 64.2 Å². The van der Waals surface area contributed by atoms with Crippen LogP contribution in [0.4, 0.5) is 0 Å². The third kappa shape index (κ3) is 18.2. The number of unbranched alkanes of at least 4 members (excludes halogenated alkanes) is 12. The Kier molecular flexibility index (Phi) is 14.3. The van der Waals surface area contributed by atoms with Gasteiger partial charge >= 0.3 is 9.33 Å². The fourth-order valence-electron chi connectivity index (χ4n) is 2.28. The van der Waals surface area contributed by atoms with Crippen LogP contribution in [-0.4, -0.2) is 15.0 Å². The predicted molar refractivity (Wildman–Crippen MR) is 86.4 cm³/mol. The zero-order chi connectivity index (χ0) is 15.1. The van der Waals surface area contributed by atoms with Crippen molar-refractivity contribution < 1.29 is 12.6 Å². The summed E-state index contributed by atoms with van der Waals surface area (Å²) in [5.74, 6) is 0. The van der Waals surface area contributed by atoms with E-state index >= 15 is 0 Å². The molecule has 0 heterocycles. The second kappa shape index (κ2) is 14.2.